The van der Waals surface area contributed by atoms with Gasteiger partial charge in [-0.2, -0.15) is 5.26 Å². The second kappa shape index (κ2) is 6.76. The van der Waals surface area contributed by atoms with Crippen LogP contribution in [-0.4, -0.2) is 34.3 Å². The van der Waals surface area contributed by atoms with E-state index in [1.807, 2.05) is 36.7 Å². The number of amides is 2. The molecule has 1 aromatic heterocycles. The van der Waals surface area contributed by atoms with Crippen molar-refractivity contribution in [3.05, 3.63) is 36.0 Å². The van der Waals surface area contributed by atoms with Gasteiger partial charge in [0.2, 0.25) is 5.91 Å². The van der Waals surface area contributed by atoms with Crippen molar-refractivity contribution < 1.29 is 9.59 Å². The number of carbonyl (C=O) groups excluding carboxylic acids is 2. The molecule has 2 amide bonds. The lowest BCUT2D eigenvalue weighted by Crippen LogP contribution is -2.47. The first-order chi connectivity index (χ1) is 10.6. The normalized spacial score (nSPS) is 11.7. The minimum atomic E-state index is -0.753. The molecule has 0 radical (unpaired) electrons. The summed E-state index contributed by atoms with van der Waals surface area (Å²) in [5.41, 5.74) is 1.90. The van der Waals surface area contributed by atoms with Crippen molar-refractivity contribution in [2.75, 3.05) is 6.54 Å². The smallest absolute Gasteiger partial charge is 0.258 e. The quantitative estimate of drug-likeness (QED) is 0.648. The molecule has 0 fully saturated rings. The van der Waals surface area contributed by atoms with Crippen molar-refractivity contribution >= 4 is 22.7 Å². The predicted molar refractivity (Wildman–Crippen MR) is 82.6 cm³/mol. The van der Waals surface area contributed by atoms with Crippen LogP contribution in [0.4, 0.5) is 0 Å². The number of hydrogen-bond acceptors (Lipinski definition) is 3. The first-order valence-corrected chi connectivity index (χ1v) is 7.10. The van der Waals surface area contributed by atoms with E-state index < -0.39 is 11.9 Å². The summed E-state index contributed by atoms with van der Waals surface area (Å²) in [6.07, 6.45) is 4.01. The lowest BCUT2D eigenvalue weighted by atomic mass is 10.0. The molecule has 22 heavy (non-hydrogen) atoms. The van der Waals surface area contributed by atoms with E-state index in [1.165, 1.54) is 6.92 Å². The monoisotopic (exact) mass is 298 g/mol. The molecule has 1 atom stereocenters. The van der Waals surface area contributed by atoms with Gasteiger partial charge in [-0.3, -0.25) is 9.59 Å². The van der Waals surface area contributed by atoms with Crippen LogP contribution >= 0.6 is 0 Å². The summed E-state index contributed by atoms with van der Waals surface area (Å²) in [7, 11) is 0. The number of hydrogen-bond donors (Lipinski definition) is 2. The second-order valence-corrected chi connectivity index (χ2v) is 5.00. The maximum absolute atomic E-state index is 12.4. The van der Waals surface area contributed by atoms with Gasteiger partial charge in [0.15, 0.2) is 6.19 Å². The number of aromatic nitrogens is 1. The number of nitrogens with one attached hydrogen (secondary N) is 2. The average molecular weight is 298 g/mol. The van der Waals surface area contributed by atoms with Gasteiger partial charge in [-0.15, -0.1) is 0 Å². The number of rotatable bonds is 5. The largest absolute Gasteiger partial charge is 0.361 e. The minimum Gasteiger partial charge on any atom is -0.361 e. The number of carbonyl (C=O) groups is 2. The first kappa shape index (κ1) is 15.6. The Balaban J connectivity index is 2.28. The highest BCUT2D eigenvalue weighted by atomic mass is 16.2. The number of benzene rings is 1. The van der Waals surface area contributed by atoms with E-state index >= 15 is 0 Å². The second-order valence-electron chi connectivity index (χ2n) is 5.00. The molecule has 0 aliphatic rings. The zero-order chi connectivity index (χ0) is 16.1. The van der Waals surface area contributed by atoms with Crippen molar-refractivity contribution in [3.8, 4) is 6.19 Å². The Bertz CT molecular complexity index is 729. The van der Waals surface area contributed by atoms with Crippen molar-refractivity contribution in [3.63, 3.8) is 0 Å². The third-order valence-corrected chi connectivity index (χ3v) is 3.48. The number of nitriles is 1. The van der Waals surface area contributed by atoms with Crippen LogP contribution < -0.4 is 5.32 Å². The van der Waals surface area contributed by atoms with Gasteiger partial charge < -0.3 is 10.3 Å². The van der Waals surface area contributed by atoms with Gasteiger partial charge >= 0.3 is 0 Å². The van der Waals surface area contributed by atoms with Crippen LogP contribution in [0.25, 0.3) is 10.9 Å². The highest BCUT2D eigenvalue weighted by molar-refractivity contribution is 5.89. The number of nitrogens with zero attached hydrogens (tertiary/aromatic N) is 2. The summed E-state index contributed by atoms with van der Waals surface area (Å²) in [6, 6.07) is 6.99. The fraction of sp³-hybridized carbons (Fsp3) is 0.312. The molecular formula is C16H18N4O2. The summed E-state index contributed by atoms with van der Waals surface area (Å²) >= 11 is 0. The summed E-state index contributed by atoms with van der Waals surface area (Å²) in [6.45, 7) is 3.36. The van der Waals surface area contributed by atoms with Gasteiger partial charge in [-0.05, 0) is 18.6 Å². The minimum absolute atomic E-state index is 0.277. The number of fused-ring (bicyclic) bond motifs is 1. The third-order valence-electron chi connectivity index (χ3n) is 3.48. The zero-order valence-electron chi connectivity index (χ0n) is 12.6. The molecule has 2 rings (SSSR count). The maximum atomic E-state index is 12.4. The van der Waals surface area contributed by atoms with Crippen molar-refractivity contribution in [2.24, 2.45) is 0 Å². The Labute approximate surface area is 128 Å². The fourth-order valence-electron chi connectivity index (χ4n) is 2.43. The van der Waals surface area contributed by atoms with Crippen LogP contribution in [0.3, 0.4) is 0 Å². The number of para-hydroxylation sites is 1. The zero-order valence-corrected chi connectivity index (χ0v) is 12.6. The van der Waals surface area contributed by atoms with Gasteiger partial charge in [0.05, 0.1) is 0 Å². The van der Waals surface area contributed by atoms with Gasteiger partial charge in [0.1, 0.15) is 6.04 Å². The van der Waals surface area contributed by atoms with E-state index in [4.69, 9.17) is 5.26 Å². The van der Waals surface area contributed by atoms with E-state index in [-0.39, 0.29) is 12.5 Å². The molecule has 2 N–H and O–H groups in total. The Kier molecular flexibility index (Phi) is 4.79. The van der Waals surface area contributed by atoms with Crippen LogP contribution in [0, 0.1) is 11.5 Å². The van der Waals surface area contributed by atoms with Crippen molar-refractivity contribution in [2.45, 2.75) is 26.3 Å². The van der Waals surface area contributed by atoms with E-state index in [0.29, 0.717) is 6.42 Å². The van der Waals surface area contributed by atoms with E-state index in [9.17, 15) is 9.59 Å². The fourth-order valence-corrected chi connectivity index (χ4v) is 2.43. The lowest BCUT2D eigenvalue weighted by Gasteiger charge is -2.20. The van der Waals surface area contributed by atoms with E-state index in [1.54, 1.807) is 6.92 Å². The lowest BCUT2D eigenvalue weighted by molar-refractivity contribution is -0.133. The molecule has 1 heterocycles. The summed E-state index contributed by atoms with van der Waals surface area (Å²) in [5.74, 6) is -0.697. The van der Waals surface area contributed by atoms with Crippen LogP contribution in [0.1, 0.15) is 19.4 Å². The maximum Gasteiger partial charge on any atom is 0.258 e. The average Bonchev–Trinajstić information content (AvgIpc) is 2.90. The summed E-state index contributed by atoms with van der Waals surface area (Å²) in [5, 5.41) is 12.7. The highest BCUT2D eigenvalue weighted by Gasteiger charge is 2.25. The van der Waals surface area contributed by atoms with Crippen LogP contribution in [-0.2, 0) is 16.0 Å². The van der Waals surface area contributed by atoms with Gasteiger partial charge in [0.25, 0.3) is 5.91 Å². The topological polar surface area (TPSA) is 89.0 Å². The molecule has 0 spiro atoms. The van der Waals surface area contributed by atoms with Gasteiger partial charge in [-0.25, -0.2) is 4.90 Å². The highest BCUT2D eigenvalue weighted by Crippen LogP contribution is 2.19. The van der Waals surface area contributed by atoms with Crippen LogP contribution in [0.2, 0.25) is 0 Å². The molecule has 1 unspecified atom stereocenters. The van der Waals surface area contributed by atoms with Crippen molar-refractivity contribution in [1.82, 2.24) is 15.2 Å². The molecule has 1 aromatic carbocycles. The van der Waals surface area contributed by atoms with E-state index in [2.05, 4.69) is 10.3 Å². The molecule has 0 aliphatic heterocycles. The summed E-state index contributed by atoms with van der Waals surface area (Å²) < 4.78 is 0. The van der Waals surface area contributed by atoms with Gasteiger partial charge in [0, 0.05) is 37.0 Å². The Hall–Kier alpha value is -2.81. The molecule has 0 bridgehead atoms. The van der Waals surface area contributed by atoms with Crippen LogP contribution in [0.15, 0.2) is 30.5 Å². The molecule has 6 nitrogen and oxygen atoms in total. The van der Waals surface area contributed by atoms with Crippen LogP contribution in [0.5, 0.6) is 0 Å². The molecule has 2 aromatic rings. The summed E-state index contributed by atoms with van der Waals surface area (Å²) in [4.78, 5) is 28.0. The molecule has 0 saturated heterocycles. The SMILES string of the molecule is CCN(C#N)C(=O)C(Cc1c[nH]c2ccccc12)NC(C)=O. The number of likely N-dealkylation sites (N-methyl/N-ethyl adjacent to an activating group) is 1. The third kappa shape index (κ3) is 3.26. The van der Waals surface area contributed by atoms with E-state index in [0.717, 1.165) is 21.4 Å². The standard InChI is InChI=1S/C16H18N4O2/c1-3-20(10-17)16(22)15(19-11(2)21)8-12-9-18-14-7-5-4-6-13(12)14/h4-7,9,15,18H,3,8H2,1-2H3,(H,19,21). The Morgan fingerprint density at radius 1 is 1.41 bits per heavy atom. The Morgan fingerprint density at radius 3 is 2.77 bits per heavy atom. The van der Waals surface area contributed by atoms with Crippen molar-refractivity contribution in [1.29, 1.82) is 5.26 Å². The first-order valence-electron chi connectivity index (χ1n) is 7.10. The van der Waals surface area contributed by atoms with Gasteiger partial charge in [-0.1, -0.05) is 18.2 Å². The molecule has 0 aliphatic carbocycles. The number of H-pyrrole nitrogens is 1. The molecule has 114 valence electrons. The number of aromatic amines is 1. The Morgan fingerprint density at radius 2 is 2.14 bits per heavy atom. The predicted octanol–water partition coefficient (Wildman–Crippen LogP) is 1.54. The molecular weight excluding hydrogens is 280 g/mol. The molecule has 6 heteroatoms. The molecule has 0 saturated carbocycles.